The molecule has 0 aromatic carbocycles. The van der Waals surface area contributed by atoms with Crippen LogP contribution in [-0.4, -0.2) is 51.3 Å². The molecule has 2 bridgehead atoms. The maximum Gasteiger partial charge on any atom is 0.208 e. The van der Waals surface area contributed by atoms with Crippen molar-refractivity contribution in [1.82, 2.24) is 20.1 Å². The Morgan fingerprint density at radius 2 is 2.00 bits per heavy atom. The number of hydrogen-bond donors (Lipinski definition) is 0. The molecule has 5 nitrogen and oxygen atoms in total. The Kier molecular flexibility index (Phi) is 4.03. The van der Waals surface area contributed by atoms with E-state index in [-0.39, 0.29) is 0 Å². The lowest BCUT2D eigenvalue weighted by Crippen LogP contribution is -2.43. The van der Waals surface area contributed by atoms with Crippen LogP contribution < -0.4 is 4.90 Å². The quantitative estimate of drug-likeness (QED) is 0.866. The molecule has 0 saturated carbocycles. The summed E-state index contributed by atoms with van der Waals surface area (Å²) < 4.78 is 0. The Balaban J connectivity index is 1.54. The first-order chi connectivity index (χ1) is 11.2. The molecule has 122 valence electrons. The first-order valence-electron chi connectivity index (χ1n) is 8.49. The summed E-state index contributed by atoms with van der Waals surface area (Å²) in [6.07, 6.45) is 5.70. The van der Waals surface area contributed by atoms with E-state index in [2.05, 4.69) is 38.8 Å². The summed E-state index contributed by atoms with van der Waals surface area (Å²) in [7, 11) is 0. The van der Waals surface area contributed by atoms with Gasteiger partial charge in [0, 0.05) is 37.4 Å². The van der Waals surface area contributed by atoms with Gasteiger partial charge in [-0.15, -0.1) is 10.2 Å². The summed E-state index contributed by atoms with van der Waals surface area (Å²) in [5.41, 5.74) is 0.913. The topological polar surface area (TPSA) is 45.2 Å². The van der Waals surface area contributed by atoms with Gasteiger partial charge in [0.15, 0.2) is 5.01 Å². The predicted octanol–water partition coefficient (Wildman–Crippen LogP) is 3.05. The van der Waals surface area contributed by atoms with Crippen LogP contribution in [0.1, 0.15) is 33.1 Å². The van der Waals surface area contributed by atoms with Crippen molar-refractivity contribution in [2.75, 3.05) is 18.0 Å². The zero-order chi connectivity index (χ0) is 15.8. The number of aromatic nitrogens is 3. The van der Waals surface area contributed by atoms with E-state index in [9.17, 15) is 0 Å². The van der Waals surface area contributed by atoms with Gasteiger partial charge in [0.25, 0.3) is 0 Å². The van der Waals surface area contributed by atoms with Crippen LogP contribution in [0.3, 0.4) is 0 Å². The Hall–Kier alpha value is -1.53. The van der Waals surface area contributed by atoms with Gasteiger partial charge in [0.05, 0.1) is 0 Å². The smallest absolute Gasteiger partial charge is 0.208 e. The van der Waals surface area contributed by atoms with E-state index in [1.807, 2.05) is 24.4 Å². The molecule has 2 aromatic heterocycles. The molecule has 0 aliphatic carbocycles. The first-order valence-corrected chi connectivity index (χ1v) is 9.31. The van der Waals surface area contributed by atoms with E-state index in [1.165, 1.54) is 19.3 Å². The molecule has 2 saturated heterocycles. The summed E-state index contributed by atoms with van der Waals surface area (Å²) in [6.45, 7) is 6.81. The van der Waals surface area contributed by atoms with Crippen molar-refractivity contribution in [2.24, 2.45) is 0 Å². The van der Waals surface area contributed by atoms with E-state index < -0.39 is 0 Å². The summed E-state index contributed by atoms with van der Waals surface area (Å²) in [5, 5.41) is 10.8. The predicted molar refractivity (Wildman–Crippen MR) is 93.8 cm³/mol. The standard InChI is InChI=1S/C17H23N5S/c1-12(2)22-13-6-7-14(22)11-21(10-8-13)17-20-19-16(23-17)15-5-3-4-9-18-15/h3-5,9,12-14H,6-8,10-11H2,1-2H3. The maximum absolute atomic E-state index is 4.45. The SMILES string of the molecule is CC(C)N1C2CCC1CN(c1nnc(-c3ccccn3)s1)CC2. The van der Waals surface area contributed by atoms with Crippen LogP contribution in [0.15, 0.2) is 24.4 Å². The fourth-order valence-electron chi connectivity index (χ4n) is 4.06. The van der Waals surface area contributed by atoms with Gasteiger partial charge in [-0.05, 0) is 45.2 Å². The highest BCUT2D eigenvalue weighted by molar-refractivity contribution is 7.18. The summed E-state index contributed by atoms with van der Waals surface area (Å²) in [4.78, 5) is 9.54. The molecule has 2 aromatic rings. The Bertz CT molecular complexity index is 656. The fourth-order valence-corrected chi connectivity index (χ4v) is 4.92. The van der Waals surface area contributed by atoms with Crippen LogP contribution in [0.4, 0.5) is 5.13 Å². The van der Waals surface area contributed by atoms with Crippen LogP contribution in [0.2, 0.25) is 0 Å². The van der Waals surface area contributed by atoms with Gasteiger partial charge in [-0.2, -0.15) is 0 Å². The van der Waals surface area contributed by atoms with Crippen LogP contribution in [0, 0.1) is 0 Å². The molecule has 23 heavy (non-hydrogen) atoms. The highest BCUT2D eigenvalue weighted by atomic mass is 32.1. The average molecular weight is 329 g/mol. The van der Waals surface area contributed by atoms with Crippen molar-refractivity contribution >= 4 is 16.5 Å². The third-order valence-corrected chi connectivity index (χ3v) is 6.01. The van der Waals surface area contributed by atoms with Crippen molar-refractivity contribution < 1.29 is 0 Å². The molecular weight excluding hydrogens is 306 g/mol. The van der Waals surface area contributed by atoms with Crippen molar-refractivity contribution in [3.63, 3.8) is 0 Å². The van der Waals surface area contributed by atoms with Gasteiger partial charge in [0.2, 0.25) is 5.13 Å². The van der Waals surface area contributed by atoms with Crippen molar-refractivity contribution in [1.29, 1.82) is 0 Å². The van der Waals surface area contributed by atoms with Gasteiger partial charge >= 0.3 is 0 Å². The minimum atomic E-state index is 0.631. The molecule has 0 spiro atoms. The third-order valence-electron chi connectivity index (χ3n) is 5.00. The molecule has 2 fully saturated rings. The molecule has 4 heterocycles. The van der Waals surface area contributed by atoms with Gasteiger partial charge < -0.3 is 4.90 Å². The van der Waals surface area contributed by atoms with Gasteiger partial charge in [0.1, 0.15) is 5.69 Å². The van der Waals surface area contributed by atoms with Crippen molar-refractivity contribution in [3.05, 3.63) is 24.4 Å². The fraction of sp³-hybridized carbons (Fsp3) is 0.588. The third kappa shape index (κ3) is 2.85. The molecule has 0 N–H and O–H groups in total. The van der Waals surface area contributed by atoms with E-state index in [1.54, 1.807) is 11.3 Å². The number of pyridine rings is 1. The monoisotopic (exact) mass is 329 g/mol. The van der Waals surface area contributed by atoms with E-state index >= 15 is 0 Å². The van der Waals surface area contributed by atoms with Crippen molar-refractivity contribution in [3.8, 4) is 10.7 Å². The molecule has 2 aliphatic rings. The summed E-state index contributed by atoms with van der Waals surface area (Å²) in [5.74, 6) is 0. The molecule has 4 rings (SSSR count). The minimum Gasteiger partial charge on any atom is -0.345 e. The van der Waals surface area contributed by atoms with Gasteiger partial charge in [-0.3, -0.25) is 9.88 Å². The first kappa shape index (κ1) is 15.0. The second-order valence-corrected chi connectivity index (χ2v) is 7.72. The Morgan fingerprint density at radius 1 is 1.13 bits per heavy atom. The zero-order valence-electron chi connectivity index (χ0n) is 13.7. The molecular formula is C17H23N5S. The largest absolute Gasteiger partial charge is 0.345 e. The average Bonchev–Trinajstić information content (AvgIpc) is 3.13. The number of anilines is 1. The number of nitrogens with zero attached hydrogens (tertiary/aromatic N) is 5. The molecule has 2 aliphatic heterocycles. The highest BCUT2D eigenvalue weighted by Gasteiger charge is 2.39. The normalized spacial score (nSPS) is 25.1. The van der Waals surface area contributed by atoms with Gasteiger partial charge in [-0.1, -0.05) is 17.4 Å². The number of hydrogen-bond acceptors (Lipinski definition) is 6. The lowest BCUT2D eigenvalue weighted by molar-refractivity contribution is 0.158. The molecule has 2 unspecified atom stereocenters. The van der Waals surface area contributed by atoms with E-state index in [0.29, 0.717) is 12.1 Å². The van der Waals surface area contributed by atoms with Crippen LogP contribution >= 0.6 is 11.3 Å². The second-order valence-electron chi connectivity index (χ2n) is 6.77. The number of fused-ring (bicyclic) bond motifs is 2. The summed E-state index contributed by atoms with van der Waals surface area (Å²) in [6, 6.07) is 7.95. The Morgan fingerprint density at radius 3 is 2.78 bits per heavy atom. The number of rotatable bonds is 3. The van der Waals surface area contributed by atoms with Crippen molar-refractivity contribution in [2.45, 2.75) is 51.2 Å². The highest BCUT2D eigenvalue weighted by Crippen LogP contribution is 2.35. The summed E-state index contributed by atoms with van der Waals surface area (Å²) >= 11 is 1.66. The minimum absolute atomic E-state index is 0.631. The van der Waals surface area contributed by atoms with E-state index in [0.717, 1.165) is 35.0 Å². The second kappa shape index (κ2) is 6.17. The van der Waals surface area contributed by atoms with Crippen LogP contribution in [0.25, 0.3) is 10.7 Å². The van der Waals surface area contributed by atoms with Crippen LogP contribution in [0.5, 0.6) is 0 Å². The van der Waals surface area contributed by atoms with E-state index in [4.69, 9.17) is 0 Å². The maximum atomic E-state index is 4.45. The lowest BCUT2D eigenvalue weighted by atomic mass is 10.1. The lowest BCUT2D eigenvalue weighted by Gasteiger charge is -2.32. The molecule has 0 radical (unpaired) electrons. The van der Waals surface area contributed by atoms with Gasteiger partial charge in [-0.25, -0.2) is 0 Å². The molecule has 6 heteroatoms. The molecule has 0 amide bonds. The van der Waals surface area contributed by atoms with Crippen LogP contribution in [-0.2, 0) is 0 Å². The zero-order valence-corrected chi connectivity index (χ0v) is 14.5. The Labute approximate surface area is 141 Å². The molecule has 2 atom stereocenters.